The van der Waals surface area contributed by atoms with Crippen LogP contribution in [0.25, 0.3) is 0 Å². The number of carbonyl (C=O) groups excluding carboxylic acids is 2. The van der Waals surface area contributed by atoms with Crippen molar-refractivity contribution >= 4 is 17.6 Å². The van der Waals surface area contributed by atoms with Crippen LogP contribution in [0.1, 0.15) is 28.4 Å². The number of aryl methyl sites for hydroxylation is 1. The lowest BCUT2D eigenvalue weighted by atomic mass is 10.1. The molecular formula is C19H19FN2O5. The number of nitrogens with one attached hydrogen (secondary N) is 1. The van der Waals surface area contributed by atoms with Crippen molar-refractivity contribution in [2.24, 2.45) is 0 Å². The third-order valence-electron chi connectivity index (χ3n) is 3.92. The minimum absolute atomic E-state index is 0.00161. The van der Waals surface area contributed by atoms with Crippen LogP contribution in [0.4, 0.5) is 10.1 Å². The summed E-state index contributed by atoms with van der Waals surface area (Å²) in [5.41, 5.74) is 1.08. The molecule has 1 N–H and O–H groups in total. The lowest BCUT2D eigenvalue weighted by Crippen LogP contribution is -2.36. The maximum atomic E-state index is 12.8. The second-order valence-corrected chi connectivity index (χ2v) is 5.97. The largest absolute Gasteiger partial charge is 0.449 e. The molecule has 0 aliphatic rings. The third kappa shape index (κ3) is 5.60. The average Bonchev–Trinajstić information content (AvgIpc) is 2.63. The monoisotopic (exact) mass is 374 g/mol. The highest BCUT2D eigenvalue weighted by molar-refractivity contribution is 5.92. The van der Waals surface area contributed by atoms with E-state index in [-0.39, 0.29) is 17.1 Å². The van der Waals surface area contributed by atoms with Gasteiger partial charge in [0.1, 0.15) is 5.82 Å². The van der Waals surface area contributed by atoms with Gasteiger partial charge in [0.25, 0.3) is 11.6 Å². The third-order valence-corrected chi connectivity index (χ3v) is 3.92. The predicted molar refractivity (Wildman–Crippen MR) is 95.8 cm³/mol. The van der Waals surface area contributed by atoms with Crippen molar-refractivity contribution in [2.45, 2.75) is 26.4 Å². The molecule has 142 valence electrons. The molecule has 0 bridgehead atoms. The van der Waals surface area contributed by atoms with Crippen LogP contribution >= 0.6 is 0 Å². The van der Waals surface area contributed by atoms with Gasteiger partial charge in [-0.05, 0) is 44.0 Å². The summed E-state index contributed by atoms with van der Waals surface area (Å²) in [5.74, 6) is -1.65. The molecule has 0 aliphatic heterocycles. The average molecular weight is 374 g/mol. The molecule has 0 radical (unpaired) electrons. The van der Waals surface area contributed by atoms with Crippen molar-refractivity contribution in [1.82, 2.24) is 5.32 Å². The lowest BCUT2D eigenvalue weighted by Gasteiger charge is -2.13. The summed E-state index contributed by atoms with van der Waals surface area (Å²) < 4.78 is 17.9. The molecule has 0 heterocycles. The van der Waals surface area contributed by atoms with E-state index in [1.54, 1.807) is 19.1 Å². The van der Waals surface area contributed by atoms with Crippen LogP contribution in [0.15, 0.2) is 42.5 Å². The van der Waals surface area contributed by atoms with Crippen molar-refractivity contribution in [3.05, 3.63) is 75.1 Å². The second-order valence-electron chi connectivity index (χ2n) is 5.97. The SMILES string of the molecule is Cc1ccc(C(=O)O[C@@H](C)C(=O)NCCc2ccc(F)cc2)cc1[N+](=O)[O-]. The Labute approximate surface area is 155 Å². The highest BCUT2D eigenvalue weighted by Crippen LogP contribution is 2.20. The number of amides is 1. The maximum absolute atomic E-state index is 12.8. The van der Waals surface area contributed by atoms with Gasteiger partial charge < -0.3 is 10.1 Å². The Balaban J connectivity index is 1.88. The van der Waals surface area contributed by atoms with Crippen molar-refractivity contribution in [2.75, 3.05) is 6.54 Å². The molecule has 0 saturated carbocycles. The van der Waals surface area contributed by atoms with Gasteiger partial charge in [0.2, 0.25) is 0 Å². The molecular weight excluding hydrogens is 355 g/mol. The zero-order valence-electron chi connectivity index (χ0n) is 14.9. The summed E-state index contributed by atoms with van der Waals surface area (Å²) in [6.45, 7) is 3.26. The quantitative estimate of drug-likeness (QED) is 0.456. The fraction of sp³-hybridized carbons (Fsp3) is 0.263. The first-order valence-electron chi connectivity index (χ1n) is 8.26. The minimum atomic E-state index is -1.06. The molecule has 27 heavy (non-hydrogen) atoms. The molecule has 0 aromatic heterocycles. The summed E-state index contributed by atoms with van der Waals surface area (Å²) >= 11 is 0. The normalized spacial score (nSPS) is 11.5. The van der Waals surface area contributed by atoms with Gasteiger partial charge in [-0.2, -0.15) is 0 Å². The number of nitro groups is 1. The molecule has 8 heteroatoms. The number of rotatable bonds is 7. The minimum Gasteiger partial charge on any atom is -0.449 e. The van der Waals surface area contributed by atoms with E-state index in [0.29, 0.717) is 18.5 Å². The van der Waals surface area contributed by atoms with Crippen molar-refractivity contribution in [3.8, 4) is 0 Å². The van der Waals surface area contributed by atoms with E-state index in [1.807, 2.05) is 0 Å². The number of esters is 1. The van der Waals surface area contributed by atoms with Crippen LogP contribution in [-0.4, -0.2) is 29.4 Å². The number of carbonyl (C=O) groups is 2. The summed E-state index contributed by atoms with van der Waals surface area (Å²) in [4.78, 5) is 34.5. The van der Waals surface area contributed by atoms with Gasteiger partial charge in [-0.3, -0.25) is 14.9 Å². The fourth-order valence-corrected chi connectivity index (χ4v) is 2.34. The molecule has 2 rings (SSSR count). The highest BCUT2D eigenvalue weighted by atomic mass is 19.1. The van der Waals surface area contributed by atoms with Gasteiger partial charge in [-0.15, -0.1) is 0 Å². The molecule has 2 aromatic carbocycles. The molecule has 0 saturated heterocycles. The Hall–Kier alpha value is -3.29. The number of nitrogens with zero attached hydrogens (tertiary/aromatic N) is 1. The van der Waals surface area contributed by atoms with Gasteiger partial charge in [0.05, 0.1) is 10.5 Å². The van der Waals surface area contributed by atoms with E-state index in [2.05, 4.69) is 5.32 Å². The van der Waals surface area contributed by atoms with Crippen LogP contribution < -0.4 is 5.32 Å². The zero-order valence-corrected chi connectivity index (χ0v) is 14.9. The second kappa shape index (κ2) is 8.88. The first kappa shape index (κ1) is 20.0. The van der Waals surface area contributed by atoms with E-state index in [4.69, 9.17) is 4.74 Å². The van der Waals surface area contributed by atoms with E-state index in [0.717, 1.165) is 11.6 Å². The molecule has 0 unspecified atom stereocenters. The fourth-order valence-electron chi connectivity index (χ4n) is 2.34. The van der Waals surface area contributed by atoms with E-state index in [9.17, 15) is 24.1 Å². The Morgan fingerprint density at radius 3 is 2.52 bits per heavy atom. The number of halogens is 1. The molecule has 0 fully saturated rings. The van der Waals surface area contributed by atoms with E-state index < -0.39 is 22.9 Å². The first-order valence-corrected chi connectivity index (χ1v) is 8.26. The summed E-state index contributed by atoms with van der Waals surface area (Å²) in [5, 5.41) is 13.6. The molecule has 7 nitrogen and oxygen atoms in total. The number of hydrogen-bond donors (Lipinski definition) is 1. The van der Waals surface area contributed by atoms with Gasteiger partial charge in [-0.1, -0.05) is 18.2 Å². The number of nitro benzene ring substituents is 1. The summed E-state index contributed by atoms with van der Waals surface area (Å²) in [7, 11) is 0. The van der Waals surface area contributed by atoms with Gasteiger partial charge in [-0.25, -0.2) is 9.18 Å². The Kier molecular flexibility index (Phi) is 6.59. The number of benzene rings is 2. The van der Waals surface area contributed by atoms with Crippen LogP contribution in [0.5, 0.6) is 0 Å². The molecule has 1 atom stereocenters. The van der Waals surface area contributed by atoms with Crippen LogP contribution in [0, 0.1) is 22.9 Å². The molecule has 1 amide bonds. The van der Waals surface area contributed by atoms with E-state index >= 15 is 0 Å². The van der Waals surface area contributed by atoms with Crippen molar-refractivity contribution < 1.29 is 23.6 Å². The maximum Gasteiger partial charge on any atom is 0.339 e. The number of ether oxygens (including phenoxy) is 1. The van der Waals surface area contributed by atoms with Crippen molar-refractivity contribution in [3.63, 3.8) is 0 Å². The summed E-state index contributed by atoms with van der Waals surface area (Å²) in [6, 6.07) is 9.89. The Bertz CT molecular complexity index is 852. The Morgan fingerprint density at radius 2 is 1.89 bits per heavy atom. The lowest BCUT2D eigenvalue weighted by molar-refractivity contribution is -0.385. The smallest absolute Gasteiger partial charge is 0.339 e. The molecule has 0 spiro atoms. The standard InChI is InChI=1S/C19H19FN2O5/c1-12-3-6-15(11-17(12)22(25)26)19(24)27-13(2)18(23)21-10-9-14-4-7-16(20)8-5-14/h3-8,11,13H,9-10H2,1-2H3,(H,21,23)/t13-/m0/s1. The van der Waals surface area contributed by atoms with E-state index in [1.165, 1.54) is 31.2 Å². The van der Waals surface area contributed by atoms with Crippen molar-refractivity contribution in [1.29, 1.82) is 0 Å². The summed E-state index contributed by atoms with van der Waals surface area (Å²) in [6.07, 6.45) is -0.567. The van der Waals surface area contributed by atoms with Gasteiger partial charge in [0.15, 0.2) is 6.10 Å². The van der Waals surface area contributed by atoms with Crippen LogP contribution in [0.2, 0.25) is 0 Å². The zero-order chi connectivity index (χ0) is 20.0. The first-order chi connectivity index (χ1) is 12.8. The molecule has 0 aliphatic carbocycles. The van der Waals surface area contributed by atoms with Crippen LogP contribution in [0.3, 0.4) is 0 Å². The predicted octanol–water partition coefficient (Wildman–Crippen LogP) is 2.95. The van der Waals surface area contributed by atoms with Crippen LogP contribution in [-0.2, 0) is 16.0 Å². The van der Waals surface area contributed by atoms with Gasteiger partial charge in [0, 0.05) is 18.2 Å². The number of hydrogen-bond acceptors (Lipinski definition) is 5. The molecule has 2 aromatic rings. The highest BCUT2D eigenvalue weighted by Gasteiger charge is 2.21. The van der Waals surface area contributed by atoms with Gasteiger partial charge >= 0.3 is 5.97 Å². The Morgan fingerprint density at radius 1 is 1.22 bits per heavy atom. The topological polar surface area (TPSA) is 98.5 Å².